The van der Waals surface area contributed by atoms with Gasteiger partial charge in [0.1, 0.15) is 14.1 Å². The van der Waals surface area contributed by atoms with Gasteiger partial charge in [-0.1, -0.05) is 182 Å². The molecule has 10 rings (SSSR count). The van der Waals surface area contributed by atoms with E-state index in [9.17, 15) is 0 Å². The Labute approximate surface area is 318 Å². The summed E-state index contributed by atoms with van der Waals surface area (Å²) in [4.78, 5) is 0. The number of hydrogen-bond donors (Lipinski definition) is 0. The van der Waals surface area contributed by atoms with Gasteiger partial charge in [-0.2, -0.15) is 9.15 Å². The van der Waals surface area contributed by atoms with Gasteiger partial charge < -0.3 is 0 Å². The van der Waals surface area contributed by atoms with Gasteiger partial charge in [-0.05, 0) is 22.3 Å². The van der Waals surface area contributed by atoms with Crippen LogP contribution in [0.2, 0.25) is 0 Å². The maximum absolute atomic E-state index is 2.59. The van der Waals surface area contributed by atoms with E-state index >= 15 is 0 Å². The third-order valence-corrected chi connectivity index (χ3v) is 12.4. The number of fused-ring (bicyclic) bond motifs is 4. The molecule has 0 bridgehead atoms. The fourth-order valence-corrected chi connectivity index (χ4v) is 9.99. The number of benzene rings is 6. The van der Waals surface area contributed by atoms with Gasteiger partial charge in [-0.3, -0.25) is 0 Å². The van der Waals surface area contributed by atoms with Crippen molar-refractivity contribution in [2.24, 2.45) is 11.8 Å². The number of para-hydroxylation sites is 2. The monoisotopic (exact) mass is 694 g/mol. The smallest absolute Gasteiger partial charge is 0.195 e. The van der Waals surface area contributed by atoms with E-state index in [0.29, 0.717) is 0 Å². The third-order valence-electron chi connectivity index (χ3n) is 12.4. The highest BCUT2D eigenvalue weighted by Gasteiger charge is 2.53. The second-order valence-corrected chi connectivity index (χ2v) is 14.9. The predicted octanol–water partition coefficient (Wildman–Crippen LogP) is 10.7. The summed E-state index contributed by atoms with van der Waals surface area (Å²) in [7, 11) is 4.44. The van der Waals surface area contributed by atoms with E-state index in [2.05, 4.69) is 230 Å². The quantitative estimate of drug-likeness (QED) is 0.159. The Bertz CT molecular complexity index is 2340. The molecule has 2 nitrogen and oxygen atoms in total. The minimum atomic E-state index is -0.491. The van der Waals surface area contributed by atoms with Gasteiger partial charge in [-0.25, -0.2) is 0 Å². The van der Waals surface area contributed by atoms with Crippen LogP contribution in [-0.4, -0.2) is 34.7 Å². The standard InChI is InChI=1S/C52H42N2/c1-53-47-29-17-15-27-43(47)51(39-19-7-3-8-20-39,40-21-9-4-10-22-40)45-35-37(31-33-49(45)53)38-32-34-50-46(36-38)52(41-23-11-5-12-24-41,42-25-13-6-14-26-42)44-28-16-18-30-48(44)54(50)2/h3-38H,1-2H3/q+2. The van der Waals surface area contributed by atoms with Crippen molar-refractivity contribution < 1.29 is 9.15 Å². The van der Waals surface area contributed by atoms with Crippen molar-refractivity contribution in [1.29, 1.82) is 0 Å². The van der Waals surface area contributed by atoms with Gasteiger partial charge in [0.15, 0.2) is 0 Å². The Balaban J connectivity index is 1.23. The molecule has 0 aromatic heterocycles. The molecule has 6 aromatic carbocycles. The van der Waals surface area contributed by atoms with E-state index in [1.807, 2.05) is 0 Å². The molecule has 0 radical (unpaired) electrons. The summed E-state index contributed by atoms with van der Waals surface area (Å²) in [6, 6.07) is 62.5. The topological polar surface area (TPSA) is 6.02 Å². The van der Waals surface area contributed by atoms with Crippen molar-refractivity contribution in [1.82, 2.24) is 0 Å². The summed E-state index contributed by atoms with van der Waals surface area (Å²) in [6.07, 6.45) is 14.8. The maximum atomic E-state index is 2.59. The molecule has 54 heavy (non-hydrogen) atoms. The molecular weight excluding hydrogens is 653 g/mol. The van der Waals surface area contributed by atoms with Crippen LogP contribution in [0.5, 0.6) is 0 Å². The van der Waals surface area contributed by atoms with E-state index in [0.717, 1.165) is 0 Å². The Hall–Kier alpha value is -6.38. The first kappa shape index (κ1) is 32.3. The zero-order chi connectivity index (χ0) is 36.3. The summed E-state index contributed by atoms with van der Waals surface area (Å²) in [5.41, 5.74) is 14.4. The highest BCUT2D eigenvalue weighted by atomic mass is 15.0. The van der Waals surface area contributed by atoms with Crippen LogP contribution in [0.4, 0.5) is 11.4 Å². The molecular formula is C52H42N2+2. The Morgan fingerprint density at radius 2 is 0.667 bits per heavy atom. The molecule has 4 aliphatic rings. The fraction of sp³-hybridized carbons (Fsp3) is 0.115. The lowest BCUT2D eigenvalue weighted by atomic mass is 9.58. The largest absolute Gasteiger partial charge is 0.210 e. The minimum absolute atomic E-state index is 0.131. The van der Waals surface area contributed by atoms with E-state index < -0.39 is 10.8 Å². The van der Waals surface area contributed by atoms with Crippen LogP contribution in [-0.2, 0) is 10.8 Å². The van der Waals surface area contributed by atoms with Gasteiger partial charge in [0.2, 0.25) is 22.8 Å². The molecule has 0 N–H and O–H groups in total. The van der Waals surface area contributed by atoms with Crippen LogP contribution < -0.4 is 0 Å². The summed E-state index contributed by atoms with van der Waals surface area (Å²) in [6.45, 7) is 0. The summed E-state index contributed by atoms with van der Waals surface area (Å²) >= 11 is 0. The van der Waals surface area contributed by atoms with Crippen LogP contribution in [0.3, 0.4) is 0 Å². The van der Waals surface area contributed by atoms with Crippen molar-refractivity contribution >= 4 is 22.8 Å². The summed E-state index contributed by atoms with van der Waals surface area (Å²) in [5.74, 6) is 0.262. The molecule has 0 saturated carbocycles. The van der Waals surface area contributed by atoms with Crippen molar-refractivity contribution in [2.45, 2.75) is 10.8 Å². The van der Waals surface area contributed by atoms with Crippen LogP contribution in [0.15, 0.2) is 217 Å². The number of allylic oxidation sites excluding steroid dienone is 8. The highest BCUT2D eigenvalue weighted by Crippen LogP contribution is 2.55. The van der Waals surface area contributed by atoms with Crippen molar-refractivity contribution in [2.75, 3.05) is 14.1 Å². The molecule has 2 heteroatoms. The van der Waals surface area contributed by atoms with Gasteiger partial charge in [0, 0.05) is 58.4 Å². The van der Waals surface area contributed by atoms with Crippen molar-refractivity contribution in [3.63, 3.8) is 0 Å². The molecule has 2 atom stereocenters. The van der Waals surface area contributed by atoms with E-state index in [4.69, 9.17) is 0 Å². The van der Waals surface area contributed by atoms with Crippen LogP contribution in [0.1, 0.15) is 33.4 Å². The molecule has 0 fully saturated rings. The van der Waals surface area contributed by atoms with E-state index in [1.165, 1.54) is 67.3 Å². The number of rotatable bonds is 5. The van der Waals surface area contributed by atoms with Gasteiger partial charge in [0.25, 0.3) is 0 Å². The first-order chi connectivity index (χ1) is 26.6. The molecule has 0 amide bonds. The second kappa shape index (κ2) is 12.6. The lowest BCUT2D eigenvalue weighted by Gasteiger charge is -2.43. The first-order valence-electron chi connectivity index (χ1n) is 19.1. The molecule has 2 aliphatic carbocycles. The number of hydrogen-bond acceptors (Lipinski definition) is 0. The summed E-state index contributed by atoms with van der Waals surface area (Å²) in [5, 5.41) is 0. The van der Waals surface area contributed by atoms with Gasteiger partial charge >= 0.3 is 0 Å². The zero-order valence-corrected chi connectivity index (χ0v) is 30.7. The van der Waals surface area contributed by atoms with Crippen LogP contribution in [0.25, 0.3) is 0 Å². The Kier molecular flexibility index (Phi) is 7.56. The van der Waals surface area contributed by atoms with Gasteiger partial charge in [0.05, 0.1) is 10.8 Å². The second-order valence-electron chi connectivity index (χ2n) is 14.9. The summed E-state index contributed by atoms with van der Waals surface area (Å²) < 4.78 is 4.78. The van der Waals surface area contributed by atoms with E-state index in [-0.39, 0.29) is 11.8 Å². The molecule has 258 valence electrons. The first-order valence-corrected chi connectivity index (χ1v) is 19.1. The van der Waals surface area contributed by atoms with Crippen LogP contribution >= 0.6 is 0 Å². The molecule has 2 aliphatic heterocycles. The molecule has 0 saturated heterocycles. The third kappa shape index (κ3) is 4.53. The Morgan fingerprint density at radius 3 is 1.00 bits per heavy atom. The maximum Gasteiger partial charge on any atom is 0.210 e. The normalized spacial score (nSPS) is 20.3. The lowest BCUT2D eigenvalue weighted by molar-refractivity contribution is -0.406. The highest BCUT2D eigenvalue weighted by molar-refractivity contribution is 6.12. The zero-order valence-electron chi connectivity index (χ0n) is 30.7. The van der Waals surface area contributed by atoms with Crippen molar-refractivity contribution in [3.05, 3.63) is 251 Å². The average molecular weight is 695 g/mol. The average Bonchev–Trinajstić information content (AvgIpc) is 3.25. The molecule has 6 aromatic rings. The minimum Gasteiger partial charge on any atom is -0.195 e. The molecule has 0 spiro atoms. The Morgan fingerprint density at radius 1 is 0.370 bits per heavy atom. The fourth-order valence-electron chi connectivity index (χ4n) is 9.99. The van der Waals surface area contributed by atoms with Gasteiger partial charge in [-0.15, -0.1) is 0 Å². The SMILES string of the molecule is C[N+]1=C2C=CC(C3C=CC4=[N+](C)c5ccccc5C(c5ccccc5)(c5ccccc5)C4=C3)C=C2C(c2ccccc2)(c2ccccc2)c2ccccc21. The molecule has 2 unspecified atom stereocenters. The molecule has 2 heterocycles. The van der Waals surface area contributed by atoms with E-state index in [1.54, 1.807) is 0 Å². The number of nitrogens with zero attached hydrogens (tertiary/aromatic N) is 2. The van der Waals surface area contributed by atoms with Crippen LogP contribution in [0, 0.1) is 11.8 Å². The lowest BCUT2D eigenvalue weighted by Crippen LogP contribution is -2.43. The van der Waals surface area contributed by atoms with Crippen molar-refractivity contribution in [3.8, 4) is 0 Å². The predicted molar refractivity (Wildman–Crippen MR) is 222 cm³/mol.